The van der Waals surface area contributed by atoms with E-state index in [9.17, 15) is 14.3 Å². The highest BCUT2D eigenvalue weighted by Gasteiger charge is 2.28. The number of nitrogens with one attached hydrogen (secondary N) is 1. The van der Waals surface area contributed by atoms with Crippen molar-refractivity contribution in [1.29, 1.82) is 0 Å². The van der Waals surface area contributed by atoms with Crippen molar-refractivity contribution in [2.24, 2.45) is 0 Å². The number of carbonyl (C=O) groups excluding carboxylic acids is 1. The molecule has 0 saturated heterocycles. The molecule has 0 aliphatic heterocycles. The van der Waals surface area contributed by atoms with Gasteiger partial charge in [0, 0.05) is 5.02 Å². The van der Waals surface area contributed by atoms with Crippen LogP contribution in [-0.4, -0.2) is 23.2 Å². The summed E-state index contributed by atoms with van der Waals surface area (Å²) >= 11 is 5.74. The van der Waals surface area contributed by atoms with E-state index < -0.39 is 17.3 Å². The average molecular weight is 274 g/mol. The van der Waals surface area contributed by atoms with Crippen molar-refractivity contribution in [2.75, 3.05) is 6.61 Å². The first-order chi connectivity index (χ1) is 8.48. The average Bonchev–Trinajstić information content (AvgIpc) is 2.38. The number of hydrogen-bond donors (Lipinski definition) is 2. The topological polar surface area (TPSA) is 49.3 Å². The summed E-state index contributed by atoms with van der Waals surface area (Å²) < 4.78 is 13.5. The van der Waals surface area contributed by atoms with Crippen molar-refractivity contribution in [2.45, 2.75) is 32.2 Å². The minimum Gasteiger partial charge on any atom is -0.394 e. The van der Waals surface area contributed by atoms with E-state index in [1.165, 1.54) is 12.1 Å². The number of amides is 1. The lowest BCUT2D eigenvalue weighted by atomic mass is 9.93. The van der Waals surface area contributed by atoms with Crippen LogP contribution in [0.5, 0.6) is 0 Å². The van der Waals surface area contributed by atoms with Gasteiger partial charge >= 0.3 is 0 Å². The van der Waals surface area contributed by atoms with Crippen LogP contribution in [0.25, 0.3) is 0 Å². The summed E-state index contributed by atoms with van der Waals surface area (Å²) in [5, 5.41) is 12.3. The van der Waals surface area contributed by atoms with Gasteiger partial charge in [0.25, 0.3) is 5.91 Å². The van der Waals surface area contributed by atoms with Gasteiger partial charge in [-0.15, -0.1) is 0 Å². The van der Waals surface area contributed by atoms with Gasteiger partial charge in [0.15, 0.2) is 0 Å². The molecular formula is C13H17ClFNO2. The number of aliphatic hydroxyl groups is 1. The lowest BCUT2D eigenvalue weighted by Crippen LogP contribution is -2.50. The van der Waals surface area contributed by atoms with Crippen LogP contribution in [0.3, 0.4) is 0 Å². The summed E-state index contributed by atoms with van der Waals surface area (Å²) in [5.41, 5.74) is -0.825. The van der Waals surface area contributed by atoms with Crippen LogP contribution < -0.4 is 5.32 Å². The monoisotopic (exact) mass is 273 g/mol. The molecule has 0 heterocycles. The standard InChI is InChI=1S/C13H17ClFNO2/c1-3-13(4-2,8-17)16-12(18)10-7-9(14)5-6-11(10)15/h5-7,17H,3-4,8H2,1-2H3,(H,16,18). The molecule has 18 heavy (non-hydrogen) atoms. The molecule has 1 rings (SSSR count). The zero-order chi connectivity index (χ0) is 13.8. The van der Waals surface area contributed by atoms with Crippen LogP contribution in [-0.2, 0) is 0 Å². The maximum Gasteiger partial charge on any atom is 0.254 e. The summed E-state index contributed by atoms with van der Waals surface area (Å²) in [6.45, 7) is 3.52. The normalized spacial score (nSPS) is 11.4. The molecule has 100 valence electrons. The molecule has 1 aromatic carbocycles. The third-order valence-corrected chi connectivity index (χ3v) is 3.44. The summed E-state index contributed by atoms with van der Waals surface area (Å²) in [6.07, 6.45) is 1.13. The quantitative estimate of drug-likeness (QED) is 0.867. The van der Waals surface area contributed by atoms with E-state index in [2.05, 4.69) is 5.32 Å². The molecule has 3 nitrogen and oxygen atoms in total. The molecule has 1 aromatic rings. The largest absolute Gasteiger partial charge is 0.394 e. The summed E-state index contributed by atoms with van der Waals surface area (Å²) in [4.78, 5) is 12.0. The molecule has 1 amide bonds. The Morgan fingerprint density at radius 3 is 2.56 bits per heavy atom. The Morgan fingerprint density at radius 1 is 1.44 bits per heavy atom. The lowest BCUT2D eigenvalue weighted by Gasteiger charge is -2.30. The van der Waals surface area contributed by atoms with E-state index in [0.29, 0.717) is 17.9 Å². The van der Waals surface area contributed by atoms with Crippen molar-refractivity contribution in [3.63, 3.8) is 0 Å². The van der Waals surface area contributed by atoms with Crippen molar-refractivity contribution in [1.82, 2.24) is 5.32 Å². The second kappa shape index (κ2) is 6.16. The van der Waals surface area contributed by atoms with E-state index in [0.717, 1.165) is 6.07 Å². The van der Waals surface area contributed by atoms with Gasteiger partial charge in [0.1, 0.15) is 5.82 Å². The fraction of sp³-hybridized carbons (Fsp3) is 0.462. The minimum atomic E-state index is -0.716. The minimum absolute atomic E-state index is 0.109. The molecule has 0 aliphatic carbocycles. The smallest absolute Gasteiger partial charge is 0.254 e. The molecule has 0 aromatic heterocycles. The molecule has 2 N–H and O–H groups in total. The second-order valence-corrected chi connectivity index (χ2v) is 4.66. The Morgan fingerprint density at radius 2 is 2.06 bits per heavy atom. The van der Waals surface area contributed by atoms with Crippen LogP contribution in [0.15, 0.2) is 18.2 Å². The first-order valence-corrected chi connectivity index (χ1v) is 6.24. The third-order valence-electron chi connectivity index (χ3n) is 3.21. The van der Waals surface area contributed by atoms with Crippen molar-refractivity contribution >= 4 is 17.5 Å². The first-order valence-electron chi connectivity index (χ1n) is 5.86. The number of halogens is 2. The molecule has 0 fully saturated rings. The molecule has 0 bridgehead atoms. The van der Waals surface area contributed by atoms with Crippen LogP contribution in [0.1, 0.15) is 37.0 Å². The number of aliphatic hydroxyl groups excluding tert-OH is 1. The fourth-order valence-corrected chi connectivity index (χ4v) is 1.84. The van der Waals surface area contributed by atoms with Crippen LogP contribution in [0.2, 0.25) is 5.02 Å². The fourth-order valence-electron chi connectivity index (χ4n) is 1.67. The molecule has 0 unspecified atom stereocenters. The Kier molecular flexibility index (Phi) is 5.11. The Labute approximate surface area is 111 Å². The molecule has 0 atom stereocenters. The van der Waals surface area contributed by atoms with Gasteiger partial charge in [0.2, 0.25) is 0 Å². The zero-order valence-corrected chi connectivity index (χ0v) is 11.2. The van der Waals surface area contributed by atoms with Crippen LogP contribution >= 0.6 is 11.6 Å². The van der Waals surface area contributed by atoms with Crippen molar-refractivity contribution in [3.8, 4) is 0 Å². The van der Waals surface area contributed by atoms with Crippen molar-refractivity contribution < 1.29 is 14.3 Å². The van der Waals surface area contributed by atoms with Gasteiger partial charge < -0.3 is 10.4 Å². The SMILES string of the molecule is CCC(CC)(CO)NC(=O)c1cc(Cl)ccc1F. The Balaban J connectivity index is 2.97. The lowest BCUT2D eigenvalue weighted by molar-refractivity contribution is 0.0814. The van der Waals surface area contributed by atoms with E-state index in [1.54, 1.807) is 0 Å². The summed E-state index contributed by atoms with van der Waals surface area (Å²) in [6, 6.07) is 3.81. The van der Waals surface area contributed by atoms with Crippen molar-refractivity contribution in [3.05, 3.63) is 34.6 Å². The van der Waals surface area contributed by atoms with Gasteiger partial charge in [-0.05, 0) is 31.0 Å². The molecule has 0 saturated carbocycles. The number of hydrogen-bond acceptors (Lipinski definition) is 2. The number of carbonyl (C=O) groups is 1. The highest BCUT2D eigenvalue weighted by atomic mass is 35.5. The molecule has 0 radical (unpaired) electrons. The van der Waals surface area contributed by atoms with Crippen LogP contribution in [0, 0.1) is 5.82 Å². The molecule has 5 heteroatoms. The first kappa shape index (κ1) is 14.9. The zero-order valence-electron chi connectivity index (χ0n) is 10.5. The highest BCUT2D eigenvalue weighted by molar-refractivity contribution is 6.31. The van der Waals surface area contributed by atoms with E-state index in [-0.39, 0.29) is 12.2 Å². The van der Waals surface area contributed by atoms with Crippen LogP contribution in [0.4, 0.5) is 4.39 Å². The summed E-state index contributed by atoms with van der Waals surface area (Å²) in [5.74, 6) is -1.19. The predicted octanol–water partition coefficient (Wildman–Crippen LogP) is 2.76. The van der Waals surface area contributed by atoms with Gasteiger partial charge in [0.05, 0.1) is 17.7 Å². The Hall–Kier alpha value is -1.13. The van der Waals surface area contributed by atoms with E-state index >= 15 is 0 Å². The number of benzene rings is 1. The molecule has 0 aliphatic rings. The summed E-state index contributed by atoms with van der Waals surface area (Å²) in [7, 11) is 0. The maximum atomic E-state index is 13.5. The highest BCUT2D eigenvalue weighted by Crippen LogP contribution is 2.18. The maximum absolute atomic E-state index is 13.5. The second-order valence-electron chi connectivity index (χ2n) is 4.22. The Bertz CT molecular complexity index is 425. The van der Waals surface area contributed by atoms with Gasteiger partial charge in [-0.3, -0.25) is 4.79 Å². The van der Waals surface area contributed by atoms with Gasteiger partial charge in [-0.25, -0.2) is 4.39 Å². The molecular weight excluding hydrogens is 257 g/mol. The van der Waals surface area contributed by atoms with E-state index in [1.807, 2.05) is 13.8 Å². The van der Waals surface area contributed by atoms with Gasteiger partial charge in [-0.1, -0.05) is 25.4 Å². The third kappa shape index (κ3) is 3.21. The number of rotatable bonds is 5. The predicted molar refractivity (Wildman–Crippen MR) is 69.3 cm³/mol. The molecule has 0 spiro atoms. The van der Waals surface area contributed by atoms with E-state index in [4.69, 9.17) is 11.6 Å². The van der Waals surface area contributed by atoms with Gasteiger partial charge in [-0.2, -0.15) is 0 Å².